The molecule has 2 aromatic carbocycles. The summed E-state index contributed by atoms with van der Waals surface area (Å²) in [6.45, 7) is 6.51. The van der Waals surface area contributed by atoms with E-state index in [1.54, 1.807) is 0 Å². The van der Waals surface area contributed by atoms with E-state index in [9.17, 15) is 4.79 Å². The first-order valence-electron chi connectivity index (χ1n) is 9.78. The van der Waals surface area contributed by atoms with Crippen LogP contribution in [-0.4, -0.2) is 23.7 Å². The maximum Gasteiger partial charge on any atom is 0.231 e. The van der Waals surface area contributed by atoms with E-state index in [1.807, 2.05) is 43.5 Å². The summed E-state index contributed by atoms with van der Waals surface area (Å²) in [5.74, 6) is 1.85. The van der Waals surface area contributed by atoms with Gasteiger partial charge in [-0.3, -0.25) is 4.79 Å². The van der Waals surface area contributed by atoms with E-state index in [1.165, 1.54) is 0 Å². The van der Waals surface area contributed by atoms with Crippen LogP contribution in [0.3, 0.4) is 0 Å². The average molecular weight is 378 g/mol. The molecule has 5 nitrogen and oxygen atoms in total. The number of H-pyrrole nitrogens is 1. The highest BCUT2D eigenvalue weighted by Gasteiger charge is 2.25. The monoisotopic (exact) mass is 378 g/mol. The summed E-state index contributed by atoms with van der Waals surface area (Å²) in [5.41, 5.74) is 3.22. The van der Waals surface area contributed by atoms with Gasteiger partial charge in [0.25, 0.3) is 0 Å². The molecule has 1 aliphatic heterocycles. The van der Waals surface area contributed by atoms with Crippen LogP contribution in [0.25, 0.3) is 10.9 Å². The van der Waals surface area contributed by atoms with Gasteiger partial charge >= 0.3 is 0 Å². The van der Waals surface area contributed by atoms with Crippen molar-refractivity contribution in [3.8, 4) is 11.5 Å². The molecule has 1 aromatic heterocycles. The largest absolute Gasteiger partial charge is 0.454 e. The lowest BCUT2D eigenvalue weighted by atomic mass is 9.87. The molecule has 28 heavy (non-hydrogen) atoms. The number of hydrogen-bond donors (Lipinski definition) is 2. The van der Waals surface area contributed by atoms with E-state index < -0.39 is 0 Å². The Bertz CT molecular complexity index is 992. The fourth-order valence-corrected chi connectivity index (χ4v) is 3.58. The van der Waals surface area contributed by atoms with Gasteiger partial charge in [-0.15, -0.1) is 0 Å². The van der Waals surface area contributed by atoms with Gasteiger partial charge in [0.1, 0.15) is 0 Å². The second-order valence-corrected chi connectivity index (χ2v) is 7.76. The summed E-state index contributed by atoms with van der Waals surface area (Å²) in [6.07, 6.45) is 2.39. The van der Waals surface area contributed by atoms with Crippen molar-refractivity contribution in [1.29, 1.82) is 0 Å². The first kappa shape index (κ1) is 18.4. The number of fused-ring (bicyclic) bond motifs is 2. The Hall–Kier alpha value is -2.95. The highest BCUT2D eigenvalue weighted by molar-refractivity contribution is 5.86. The van der Waals surface area contributed by atoms with Crippen LogP contribution in [0, 0.1) is 5.92 Å². The van der Waals surface area contributed by atoms with Crippen LogP contribution in [0.2, 0.25) is 0 Å². The Morgan fingerprint density at radius 2 is 1.89 bits per heavy atom. The molecular formula is C23H26N2O3. The van der Waals surface area contributed by atoms with Crippen LogP contribution < -0.4 is 14.8 Å². The van der Waals surface area contributed by atoms with Gasteiger partial charge in [0, 0.05) is 35.5 Å². The van der Waals surface area contributed by atoms with Crippen molar-refractivity contribution in [1.82, 2.24) is 10.3 Å². The first-order valence-corrected chi connectivity index (χ1v) is 9.78. The molecular weight excluding hydrogens is 352 g/mol. The minimum absolute atomic E-state index is 0.0501. The topological polar surface area (TPSA) is 63.4 Å². The van der Waals surface area contributed by atoms with Crippen LogP contribution in [0.5, 0.6) is 11.5 Å². The van der Waals surface area contributed by atoms with Crippen molar-refractivity contribution in [2.75, 3.05) is 6.79 Å². The molecule has 0 unspecified atom stereocenters. The number of carbonyl (C=O) groups is 1. The lowest BCUT2D eigenvalue weighted by Gasteiger charge is -2.21. The van der Waals surface area contributed by atoms with E-state index in [2.05, 4.69) is 36.3 Å². The van der Waals surface area contributed by atoms with Crippen molar-refractivity contribution in [2.45, 2.75) is 39.2 Å². The van der Waals surface area contributed by atoms with Crippen LogP contribution in [-0.2, 0) is 4.79 Å². The summed E-state index contributed by atoms with van der Waals surface area (Å²) >= 11 is 0. The molecule has 0 radical (unpaired) electrons. The summed E-state index contributed by atoms with van der Waals surface area (Å²) in [6, 6.07) is 14.3. The Balaban J connectivity index is 1.70. The smallest absolute Gasteiger partial charge is 0.231 e. The van der Waals surface area contributed by atoms with Gasteiger partial charge in [-0.25, -0.2) is 0 Å². The molecule has 0 fully saturated rings. The van der Waals surface area contributed by atoms with Crippen LogP contribution in [0.1, 0.15) is 44.2 Å². The fourth-order valence-electron chi connectivity index (χ4n) is 3.58. The Morgan fingerprint density at radius 1 is 1.11 bits per heavy atom. The molecule has 146 valence electrons. The molecule has 2 atom stereocenters. The lowest BCUT2D eigenvalue weighted by molar-refractivity contribution is -0.122. The zero-order valence-electron chi connectivity index (χ0n) is 16.5. The summed E-state index contributed by atoms with van der Waals surface area (Å²) < 4.78 is 11.0. The number of benzene rings is 2. The number of para-hydroxylation sites is 1. The molecule has 2 N–H and O–H groups in total. The molecule has 4 rings (SSSR count). The van der Waals surface area contributed by atoms with Gasteiger partial charge in [0.2, 0.25) is 12.7 Å². The number of aromatic amines is 1. The van der Waals surface area contributed by atoms with Crippen molar-refractivity contribution in [3.63, 3.8) is 0 Å². The Kier molecular flexibility index (Phi) is 4.99. The number of aromatic nitrogens is 1. The molecule has 2 heterocycles. The Morgan fingerprint density at radius 3 is 2.71 bits per heavy atom. The van der Waals surface area contributed by atoms with Crippen LogP contribution >= 0.6 is 0 Å². The minimum atomic E-state index is -0.0787. The standard InChI is InChI=1S/C23H26N2O3/c1-14(2)15(3)25-23(26)11-18(16-8-9-21-22(10-16)28-13-27-21)19-12-24-20-7-5-4-6-17(19)20/h4-10,12,14-15,18,24H,11,13H2,1-3H3,(H,25,26)/t15-,18+/m0/s1. The zero-order valence-corrected chi connectivity index (χ0v) is 16.5. The third-order valence-corrected chi connectivity index (χ3v) is 5.57. The maximum absolute atomic E-state index is 12.8. The highest BCUT2D eigenvalue weighted by atomic mass is 16.7. The number of hydrogen-bond acceptors (Lipinski definition) is 3. The minimum Gasteiger partial charge on any atom is -0.454 e. The molecule has 1 aliphatic rings. The van der Waals surface area contributed by atoms with Gasteiger partial charge in [-0.2, -0.15) is 0 Å². The van der Waals surface area contributed by atoms with Gasteiger partial charge in [0.05, 0.1) is 0 Å². The predicted octanol–water partition coefficient (Wildman–Crippen LogP) is 4.58. The maximum atomic E-state index is 12.8. The second-order valence-electron chi connectivity index (χ2n) is 7.76. The van der Waals surface area contributed by atoms with E-state index in [4.69, 9.17) is 9.47 Å². The SMILES string of the molecule is CC(C)[C@H](C)NC(=O)C[C@H](c1ccc2c(c1)OCO2)c1c[nH]c2ccccc12. The molecule has 0 bridgehead atoms. The van der Waals surface area contributed by atoms with Crippen molar-refractivity contribution in [2.24, 2.45) is 5.92 Å². The molecule has 0 saturated carbocycles. The predicted molar refractivity (Wildman–Crippen MR) is 110 cm³/mol. The number of carbonyl (C=O) groups excluding carboxylic acids is 1. The number of rotatable bonds is 6. The second kappa shape index (κ2) is 7.58. The first-order chi connectivity index (χ1) is 13.5. The summed E-state index contributed by atoms with van der Waals surface area (Å²) in [5, 5.41) is 4.27. The fraction of sp³-hybridized carbons (Fsp3) is 0.348. The van der Waals surface area contributed by atoms with Gasteiger partial charge in [-0.1, -0.05) is 38.1 Å². The molecule has 3 aromatic rings. The van der Waals surface area contributed by atoms with Crippen molar-refractivity contribution >= 4 is 16.8 Å². The van der Waals surface area contributed by atoms with Crippen LogP contribution in [0.4, 0.5) is 0 Å². The molecule has 0 saturated heterocycles. The third-order valence-electron chi connectivity index (χ3n) is 5.57. The van der Waals surface area contributed by atoms with E-state index in [0.29, 0.717) is 12.3 Å². The highest BCUT2D eigenvalue weighted by Crippen LogP contribution is 2.39. The van der Waals surface area contributed by atoms with Gasteiger partial charge < -0.3 is 19.8 Å². The number of ether oxygens (including phenoxy) is 2. The van der Waals surface area contributed by atoms with Crippen molar-refractivity contribution < 1.29 is 14.3 Å². The quantitative estimate of drug-likeness (QED) is 0.660. The normalized spacial score (nSPS) is 15.0. The summed E-state index contributed by atoms with van der Waals surface area (Å²) in [7, 11) is 0. The van der Waals surface area contributed by atoms with Crippen molar-refractivity contribution in [3.05, 3.63) is 59.8 Å². The van der Waals surface area contributed by atoms with E-state index in [0.717, 1.165) is 33.5 Å². The third kappa shape index (κ3) is 3.57. The van der Waals surface area contributed by atoms with Gasteiger partial charge in [0.15, 0.2) is 11.5 Å². The lowest BCUT2D eigenvalue weighted by Crippen LogP contribution is -2.36. The zero-order chi connectivity index (χ0) is 19.7. The van der Waals surface area contributed by atoms with E-state index >= 15 is 0 Å². The van der Waals surface area contributed by atoms with Gasteiger partial charge in [-0.05, 0) is 42.2 Å². The van der Waals surface area contributed by atoms with Crippen LogP contribution in [0.15, 0.2) is 48.7 Å². The molecule has 0 spiro atoms. The number of nitrogens with one attached hydrogen (secondary N) is 2. The molecule has 5 heteroatoms. The number of amides is 1. The average Bonchev–Trinajstić information content (AvgIpc) is 3.32. The molecule has 1 amide bonds. The molecule has 0 aliphatic carbocycles. The summed E-state index contributed by atoms with van der Waals surface area (Å²) in [4.78, 5) is 16.2. The Labute approximate surface area is 165 Å². The van der Waals surface area contributed by atoms with E-state index in [-0.39, 0.29) is 24.7 Å².